The Hall–Kier alpha value is -0.350. The molecule has 15 heavy (non-hydrogen) atoms. The van der Waals surface area contributed by atoms with Gasteiger partial charge in [0.2, 0.25) is 5.13 Å². The SMILES string of the molecule is ClCC1CCCCC1CNc1nncs1. The first-order valence-corrected chi connectivity index (χ1v) is 6.87. The van der Waals surface area contributed by atoms with Crippen LogP contribution >= 0.6 is 22.9 Å². The summed E-state index contributed by atoms with van der Waals surface area (Å²) < 4.78 is 0. The first-order valence-electron chi connectivity index (χ1n) is 5.46. The number of alkyl halides is 1. The molecule has 0 radical (unpaired) electrons. The Balaban J connectivity index is 1.81. The van der Waals surface area contributed by atoms with E-state index in [0.717, 1.165) is 17.6 Å². The van der Waals surface area contributed by atoms with Gasteiger partial charge in [-0.15, -0.1) is 21.8 Å². The van der Waals surface area contributed by atoms with Gasteiger partial charge in [-0.1, -0.05) is 24.2 Å². The molecule has 1 heterocycles. The lowest BCUT2D eigenvalue weighted by Gasteiger charge is -2.30. The van der Waals surface area contributed by atoms with Crippen molar-refractivity contribution in [2.24, 2.45) is 11.8 Å². The standard InChI is InChI=1S/C10H16ClN3S/c11-5-8-3-1-2-4-9(8)6-12-10-14-13-7-15-10/h7-9H,1-6H2,(H,12,14). The van der Waals surface area contributed by atoms with E-state index in [1.807, 2.05) is 0 Å². The molecule has 3 nitrogen and oxygen atoms in total. The van der Waals surface area contributed by atoms with Gasteiger partial charge in [0.25, 0.3) is 0 Å². The van der Waals surface area contributed by atoms with Crippen molar-refractivity contribution in [2.45, 2.75) is 25.7 Å². The fourth-order valence-corrected chi connectivity index (χ4v) is 3.09. The molecule has 0 spiro atoms. The monoisotopic (exact) mass is 245 g/mol. The van der Waals surface area contributed by atoms with Crippen molar-refractivity contribution in [3.8, 4) is 0 Å². The third-order valence-electron chi connectivity index (χ3n) is 3.14. The third kappa shape index (κ3) is 3.05. The highest BCUT2D eigenvalue weighted by Crippen LogP contribution is 2.31. The van der Waals surface area contributed by atoms with Crippen LogP contribution in [0.2, 0.25) is 0 Å². The largest absolute Gasteiger partial charge is 0.360 e. The Morgan fingerprint density at radius 2 is 2.20 bits per heavy atom. The highest BCUT2D eigenvalue weighted by Gasteiger charge is 2.24. The van der Waals surface area contributed by atoms with Crippen LogP contribution in [0.25, 0.3) is 0 Å². The summed E-state index contributed by atoms with van der Waals surface area (Å²) in [7, 11) is 0. The summed E-state index contributed by atoms with van der Waals surface area (Å²) in [5.41, 5.74) is 1.75. The number of hydrogen-bond donors (Lipinski definition) is 1. The van der Waals surface area contributed by atoms with E-state index in [2.05, 4.69) is 15.5 Å². The van der Waals surface area contributed by atoms with Crippen LogP contribution in [-0.2, 0) is 0 Å². The minimum atomic E-state index is 0.681. The first kappa shape index (κ1) is 11.1. The third-order valence-corrected chi connectivity index (χ3v) is 4.19. The Morgan fingerprint density at radius 3 is 2.87 bits per heavy atom. The normalized spacial score (nSPS) is 26.5. The van der Waals surface area contributed by atoms with Gasteiger partial charge in [0.1, 0.15) is 5.51 Å². The first-order chi connectivity index (χ1) is 7.40. The maximum Gasteiger partial charge on any atom is 0.205 e. The fraction of sp³-hybridized carbons (Fsp3) is 0.800. The van der Waals surface area contributed by atoms with Crippen LogP contribution in [0.15, 0.2) is 5.51 Å². The Kier molecular flexibility index (Phi) is 4.20. The predicted octanol–water partition coefficient (Wildman–Crippen LogP) is 3.00. The van der Waals surface area contributed by atoms with E-state index < -0.39 is 0 Å². The Labute approximate surface area is 99.2 Å². The number of aromatic nitrogens is 2. The van der Waals surface area contributed by atoms with Crippen LogP contribution in [-0.4, -0.2) is 22.6 Å². The van der Waals surface area contributed by atoms with Gasteiger partial charge in [-0.25, -0.2) is 0 Å². The summed E-state index contributed by atoms with van der Waals surface area (Å²) in [5.74, 6) is 2.18. The highest BCUT2D eigenvalue weighted by molar-refractivity contribution is 7.13. The van der Waals surface area contributed by atoms with Crippen LogP contribution in [0.3, 0.4) is 0 Å². The summed E-state index contributed by atoms with van der Waals surface area (Å²) in [5, 5.41) is 12.1. The molecule has 1 saturated carbocycles. The molecule has 0 saturated heterocycles. The molecule has 0 amide bonds. The summed E-state index contributed by atoms with van der Waals surface area (Å²) in [6.07, 6.45) is 5.26. The van der Waals surface area contributed by atoms with Crippen molar-refractivity contribution in [1.82, 2.24) is 10.2 Å². The molecule has 84 valence electrons. The van der Waals surface area contributed by atoms with Gasteiger partial charge >= 0.3 is 0 Å². The lowest BCUT2D eigenvalue weighted by molar-refractivity contribution is 0.272. The zero-order valence-electron chi connectivity index (χ0n) is 8.66. The molecular formula is C10H16ClN3S. The van der Waals surface area contributed by atoms with E-state index in [4.69, 9.17) is 11.6 Å². The molecule has 1 N–H and O–H groups in total. The second kappa shape index (κ2) is 5.66. The zero-order chi connectivity index (χ0) is 10.5. The van der Waals surface area contributed by atoms with Gasteiger partial charge in [0.15, 0.2) is 0 Å². The Bertz CT molecular complexity index is 278. The lowest BCUT2D eigenvalue weighted by atomic mass is 9.80. The summed E-state index contributed by atoms with van der Waals surface area (Å²) in [4.78, 5) is 0. The van der Waals surface area contributed by atoms with Crippen LogP contribution < -0.4 is 5.32 Å². The fourth-order valence-electron chi connectivity index (χ4n) is 2.22. The predicted molar refractivity (Wildman–Crippen MR) is 64.6 cm³/mol. The average molecular weight is 246 g/mol. The topological polar surface area (TPSA) is 37.8 Å². The number of nitrogens with one attached hydrogen (secondary N) is 1. The van der Waals surface area contributed by atoms with Crippen molar-refractivity contribution >= 4 is 28.1 Å². The van der Waals surface area contributed by atoms with Gasteiger partial charge in [-0.2, -0.15) is 0 Å². The minimum Gasteiger partial charge on any atom is -0.360 e. The summed E-state index contributed by atoms with van der Waals surface area (Å²) >= 11 is 7.54. The quantitative estimate of drug-likeness (QED) is 0.829. The van der Waals surface area contributed by atoms with E-state index in [-0.39, 0.29) is 0 Å². The lowest BCUT2D eigenvalue weighted by Crippen LogP contribution is -2.27. The van der Waals surface area contributed by atoms with Gasteiger partial charge < -0.3 is 5.32 Å². The number of hydrogen-bond acceptors (Lipinski definition) is 4. The van der Waals surface area contributed by atoms with Gasteiger partial charge in [-0.05, 0) is 24.7 Å². The minimum absolute atomic E-state index is 0.681. The van der Waals surface area contributed by atoms with Crippen molar-refractivity contribution in [2.75, 3.05) is 17.7 Å². The van der Waals surface area contributed by atoms with Gasteiger partial charge in [0, 0.05) is 12.4 Å². The van der Waals surface area contributed by atoms with E-state index in [0.29, 0.717) is 11.8 Å². The van der Waals surface area contributed by atoms with Crippen molar-refractivity contribution in [3.63, 3.8) is 0 Å². The molecule has 1 aliphatic carbocycles. The highest BCUT2D eigenvalue weighted by atomic mass is 35.5. The molecule has 2 rings (SSSR count). The molecule has 1 aromatic heterocycles. The molecule has 0 bridgehead atoms. The average Bonchev–Trinajstić information content (AvgIpc) is 2.79. The van der Waals surface area contributed by atoms with Crippen molar-refractivity contribution in [3.05, 3.63) is 5.51 Å². The number of nitrogens with zero attached hydrogens (tertiary/aromatic N) is 2. The second-order valence-electron chi connectivity index (χ2n) is 4.08. The van der Waals surface area contributed by atoms with Gasteiger partial charge in [-0.3, -0.25) is 0 Å². The smallest absolute Gasteiger partial charge is 0.205 e. The maximum atomic E-state index is 5.98. The molecule has 1 fully saturated rings. The zero-order valence-corrected chi connectivity index (χ0v) is 10.2. The summed E-state index contributed by atoms with van der Waals surface area (Å²) in [6.45, 7) is 0.993. The second-order valence-corrected chi connectivity index (χ2v) is 5.23. The van der Waals surface area contributed by atoms with Crippen LogP contribution in [0.1, 0.15) is 25.7 Å². The van der Waals surface area contributed by atoms with E-state index >= 15 is 0 Å². The number of rotatable bonds is 4. The number of anilines is 1. The van der Waals surface area contributed by atoms with Crippen molar-refractivity contribution < 1.29 is 0 Å². The number of halogens is 1. The van der Waals surface area contributed by atoms with Crippen LogP contribution in [0, 0.1) is 11.8 Å². The molecule has 2 unspecified atom stereocenters. The summed E-state index contributed by atoms with van der Waals surface area (Å²) in [6, 6.07) is 0. The van der Waals surface area contributed by atoms with Gasteiger partial charge in [0.05, 0.1) is 0 Å². The molecule has 2 atom stereocenters. The molecule has 0 aliphatic heterocycles. The molecule has 1 aromatic rings. The Morgan fingerprint density at radius 1 is 1.40 bits per heavy atom. The molecule has 0 aromatic carbocycles. The molecule has 1 aliphatic rings. The molecular weight excluding hydrogens is 230 g/mol. The van der Waals surface area contributed by atoms with E-state index in [1.54, 1.807) is 16.8 Å². The maximum absolute atomic E-state index is 5.98. The molecule has 5 heteroatoms. The van der Waals surface area contributed by atoms with E-state index in [9.17, 15) is 0 Å². The van der Waals surface area contributed by atoms with E-state index in [1.165, 1.54) is 25.7 Å². The van der Waals surface area contributed by atoms with Crippen LogP contribution in [0.5, 0.6) is 0 Å². The van der Waals surface area contributed by atoms with Crippen LogP contribution in [0.4, 0.5) is 5.13 Å². The van der Waals surface area contributed by atoms with Crippen molar-refractivity contribution in [1.29, 1.82) is 0 Å².